The quantitative estimate of drug-likeness (QED) is 0.536. The third-order valence-corrected chi connectivity index (χ3v) is 5.61. The highest BCUT2D eigenvalue weighted by Gasteiger charge is 2.22. The second-order valence-corrected chi connectivity index (χ2v) is 7.56. The van der Waals surface area contributed by atoms with Crippen LogP contribution >= 0.6 is 11.3 Å². The van der Waals surface area contributed by atoms with Crippen molar-refractivity contribution in [1.29, 1.82) is 0 Å². The monoisotopic (exact) mass is 382 g/mol. The van der Waals surface area contributed by atoms with E-state index in [0.29, 0.717) is 11.8 Å². The number of nitrogens with one attached hydrogen (secondary N) is 1. The van der Waals surface area contributed by atoms with Gasteiger partial charge in [-0.1, -0.05) is 6.07 Å². The Morgan fingerprint density at radius 3 is 2.67 bits per heavy atom. The summed E-state index contributed by atoms with van der Waals surface area (Å²) in [6, 6.07) is 5.75. The van der Waals surface area contributed by atoms with Crippen molar-refractivity contribution >= 4 is 33.5 Å². The Labute approximate surface area is 160 Å². The van der Waals surface area contributed by atoms with Crippen molar-refractivity contribution in [2.45, 2.75) is 33.7 Å². The van der Waals surface area contributed by atoms with Crippen molar-refractivity contribution in [1.82, 2.24) is 24.5 Å². The Morgan fingerprint density at radius 1 is 1.15 bits per heavy atom. The maximum atomic E-state index is 14.6. The standard InChI is InChI=1S/C19H19FN6S/c1-10(2)26-12(4)23-15-11(3)17(27-18(15)26)16-13(20)9-22-19(25-16)24-14-7-5-6-8-21-14/h5-10H,1-4H3,(H,21,22,24,25). The lowest BCUT2D eigenvalue weighted by molar-refractivity contribution is 0.602. The number of halogens is 1. The molecule has 8 heteroatoms. The van der Waals surface area contributed by atoms with Gasteiger partial charge in [-0.05, 0) is 45.4 Å². The van der Waals surface area contributed by atoms with Crippen LogP contribution in [0.2, 0.25) is 0 Å². The molecule has 0 amide bonds. The predicted octanol–water partition coefficient (Wildman–Crippen LogP) is 5.03. The van der Waals surface area contributed by atoms with Crippen LogP contribution in [0.5, 0.6) is 0 Å². The molecule has 4 aromatic rings. The molecule has 0 aliphatic rings. The van der Waals surface area contributed by atoms with E-state index in [1.54, 1.807) is 12.3 Å². The first-order valence-electron chi connectivity index (χ1n) is 8.64. The van der Waals surface area contributed by atoms with Gasteiger partial charge in [0.2, 0.25) is 5.95 Å². The van der Waals surface area contributed by atoms with Crippen molar-refractivity contribution in [3.63, 3.8) is 0 Å². The van der Waals surface area contributed by atoms with E-state index < -0.39 is 5.82 Å². The van der Waals surface area contributed by atoms with Gasteiger partial charge in [0.25, 0.3) is 0 Å². The zero-order chi connectivity index (χ0) is 19.1. The van der Waals surface area contributed by atoms with E-state index >= 15 is 0 Å². The highest BCUT2D eigenvalue weighted by molar-refractivity contribution is 7.22. The van der Waals surface area contributed by atoms with Gasteiger partial charge in [0.1, 0.15) is 27.7 Å². The van der Waals surface area contributed by atoms with Gasteiger partial charge in [0.05, 0.1) is 11.1 Å². The molecule has 0 spiro atoms. The molecule has 0 aliphatic carbocycles. The number of hydrogen-bond acceptors (Lipinski definition) is 6. The van der Waals surface area contributed by atoms with Gasteiger partial charge < -0.3 is 9.88 Å². The number of nitrogens with zero attached hydrogens (tertiary/aromatic N) is 5. The van der Waals surface area contributed by atoms with Gasteiger partial charge in [-0.2, -0.15) is 0 Å². The maximum Gasteiger partial charge on any atom is 0.229 e. The van der Waals surface area contributed by atoms with Crippen LogP contribution in [0.15, 0.2) is 30.6 Å². The minimum absolute atomic E-state index is 0.275. The van der Waals surface area contributed by atoms with Gasteiger partial charge in [0.15, 0.2) is 5.82 Å². The molecule has 6 nitrogen and oxygen atoms in total. The van der Waals surface area contributed by atoms with E-state index in [9.17, 15) is 4.39 Å². The Kier molecular flexibility index (Phi) is 4.35. The highest BCUT2D eigenvalue weighted by atomic mass is 32.1. The number of thiophene rings is 1. The number of rotatable bonds is 4. The Hall–Kier alpha value is -2.87. The van der Waals surface area contributed by atoms with Crippen LogP contribution in [-0.2, 0) is 0 Å². The zero-order valence-corrected chi connectivity index (χ0v) is 16.3. The van der Waals surface area contributed by atoms with E-state index in [-0.39, 0.29) is 11.7 Å². The molecule has 138 valence electrons. The summed E-state index contributed by atoms with van der Waals surface area (Å²) in [7, 11) is 0. The molecule has 4 heterocycles. The largest absolute Gasteiger partial charge is 0.317 e. The summed E-state index contributed by atoms with van der Waals surface area (Å²) in [5.74, 6) is 1.41. The fourth-order valence-electron chi connectivity index (χ4n) is 3.12. The lowest BCUT2D eigenvalue weighted by atomic mass is 10.2. The summed E-state index contributed by atoms with van der Waals surface area (Å²) >= 11 is 1.51. The first kappa shape index (κ1) is 17.5. The average molecular weight is 382 g/mol. The van der Waals surface area contributed by atoms with Crippen molar-refractivity contribution in [3.8, 4) is 10.6 Å². The topological polar surface area (TPSA) is 68.5 Å². The van der Waals surface area contributed by atoms with E-state index in [1.165, 1.54) is 17.5 Å². The van der Waals surface area contributed by atoms with Crippen molar-refractivity contribution in [2.24, 2.45) is 0 Å². The van der Waals surface area contributed by atoms with Crippen LogP contribution in [0.1, 0.15) is 31.3 Å². The van der Waals surface area contributed by atoms with Gasteiger partial charge in [-0.15, -0.1) is 11.3 Å². The van der Waals surface area contributed by atoms with Crippen molar-refractivity contribution in [2.75, 3.05) is 5.32 Å². The number of hydrogen-bond donors (Lipinski definition) is 1. The summed E-state index contributed by atoms with van der Waals surface area (Å²) in [5, 5.41) is 3.01. The predicted molar refractivity (Wildman–Crippen MR) is 106 cm³/mol. The van der Waals surface area contributed by atoms with Gasteiger partial charge >= 0.3 is 0 Å². The molecule has 0 aromatic carbocycles. The number of imidazole rings is 1. The SMILES string of the molecule is Cc1c(-c2nc(Nc3ccccn3)ncc2F)sc2c1nc(C)n2C(C)C. The lowest BCUT2D eigenvalue weighted by Crippen LogP contribution is -2.02. The number of pyridine rings is 1. The Balaban J connectivity index is 1.81. The summed E-state index contributed by atoms with van der Waals surface area (Å²) in [6.45, 7) is 8.18. The minimum atomic E-state index is -0.457. The van der Waals surface area contributed by atoms with Crippen LogP contribution in [0.4, 0.5) is 16.2 Å². The Bertz CT molecular complexity index is 1120. The van der Waals surface area contributed by atoms with Crippen molar-refractivity contribution < 1.29 is 4.39 Å². The van der Waals surface area contributed by atoms with E-state index in [2.05, 4.69) is 43.7 Å². The molecule has 0 bridgehead atoms. The van der Waals surface area contributed by atoms with Crippen LogP contribution in [-0.4, -0.2) is 24.5 Å². The molecular formula is C19H19FN6S. The molecule has 1 N–H and O–H groups in total. The Morgan fingerprint density at radius 2 is 1.96 bits per heavy atom. The third kappa shape index (κ3) is 3.06. The summed E-state index contributed by atoms with van der Waals surface area (Å²) in [4.78, 5) is 19.1. The molecule has 4 rings (SSSR count). The smallest absolute Gasteiger partial charge is 0.229 e. The molecule has 0 saturated carbocycles. The van der Waals surface area contributed by atoms with E-state index in [1.807, 2.05) is 26.0 Å². The van der Waals surface area contributed by atoms with Crippen LogP contribution in [0, 0.1) is 19.7 Å². The molecule has 0 atom stereocenters. The molecule has 0 fully saturated rings. The third-order valence-electron chi connectivity index (χ3n) is 4.32. The van der Waals surface area contributed by atoms with Gasteiger partial charge in [-0.3, -0.25) is 0 Å². The second kappa shape index (κ2) is 6.70. The molecule has 0 radical (unpaired) electrons. The summed E-state index contributed by atoms with van der Waals surface area (Å²) in [6.07, 6.45) is 2.86. The average Bonchev–Trinajstić information content (AvgIpc) is 3.12. The number of fused-ring (bicyclic) bond motifs is 1. The van der Waals surface area contributed by atoms with Gasteiger partial charge in [0, 0.05) is 12.2 Å². The fraction of sp³-hybridized carbons (Fsp3) is 0.263. The van der Waals surface area contributed by atoms with E-state index in [4.69, 9.17) is 0 Å². The maximum absolute atomic E-state index is 14.6. The number of anilines is 2. The van der Waals surface area contributed by atoms with Crippen LogP contribution in [0.25, 0.3) is 20.9 Å². The molecule has 27 heavy (non-hydrogen) atoms. The zero-order valence-electron chi connectivity index (χ0n) is 15.5. The lowest BCUT2D eigenvalue weighted by Gasteiger charge is -2.09. The van der Waals surface area contributed by atoms with Crippen LogP contribution < -0.4 is 5.32 Å². The first-order chi connectivity index (χ1) is 13.0. The molecule has 0 saturated heterocycles. The van der Waals surface area contributed by atoms with Gasteiger partial charge in [-0.25, -0.2) is 24.3 Å². The number of aryl methyl sites for hydroxylation is 2. The van der Waals surface area contributed by atoms with Crippen LogP contribution in [0.3, 0.4) is 0 Å². The normalized spacial score (nSPS) is 11.5. The first-order valence-corrected chi connectivity index (χ1v) is 9.46. The molecular weight excluding hydrogens is 363 g/mol. The van der Waals surface area contributed by atoms with Crippen molar-refractivity contribution in [3.05, 3.63) is 47.8 Å². The highest BCUT2D eigenvalue weighted by Crippen LogP contribution is 2.39. The number of aromatic nitrogens is 5. The summed E-state index contributed by atoms with van der Waals surface area (Å²) in [5.41, 5.74) is 2.11. The molecule has 0 unspecified atom stereocenters. The molecule has 4 aromatic heterocycles. The second-order valence-electron chi connectivity index (χ2n) is 6.56. The molecule has 0 aliphatic heterocycles. The fourth-order valence-corrected chi connectivity index (χ4v) is 4.54. The minimum Gasteiger partial charge on any atom is -0.317 e. The van der Waals surface area contributed by atoms with E-state index in [0.717, 1.165) is 26.6 Å². The summed E-state index contributed by atoms with van der Waals surface area (Å²) < 4.78 is 16.7.